The number of likely N-dealkylation sites (N-methyl/N-ethyl adjacent to an activating group) is 1. The van der Waals surface area contributed by atoms with E-state index in [4.69, 9.17) is 0 Å². The van der Waals surface area contributed by atoms with E-state index >= 15 is 0 Å². The molecule has 0 bridgehead atoms. The van der Waals surface area contributed by atoms with E-state index in [9.17, 15) is 23.3 Å². The molecule has 138 valence electrons. The van der Waals surface area contributed by atoms with Crippen LogP contribution in [-0.4, -0.2) is 55.8 Å². The average molecular weight is 370 g/mol. The Morgan fingerprint density at radius 3 is 2.84 bits per heavy atom. The van der Waals surface area contributed by atoms with E-state index in [1.54, 1.807) is 0 Å². The summed E-state index contributed by atoms with van der Waals surface area (Å²) in [4.78, 5) is 22.1. The largest absolute Gasteiger partial charge is 0.351 e. The molecule has 1 amide bonds. The van der Waals surface area contributed by atoms with E-state index in [2.05, 4.69) is 10.6 Å². The second-order valence-electron chi connectivity index (χ2n) is 6.07. The predicted molar refractivity (Wildman–Crippen MR) is 91.5 cm³/mol. The van der Waals surface area contributed by atoms with Crippen molar-refractivity contribution in [3.05, 3.63) is 34.4 Å². The summed E-state index contributed by atoms with van der Waals surface area (Å²) < 4.78 is 25.9. The molecule has 1 aliphatic rings. The number of sulfonamides is 1. The molecule has 0 radical (unpaired) electrons. The van der Waals surface area contributed by atoms with E-state index < -0.39 is 20.9 Å². The van der Waals surface area contributed by atoms with Gasteiger partial charge in [-0.25, -0.2) is 8.42 Å². The van der Waals surface area contributed by atoms with Crippen LogP contribution < -0.4 is 10.6 Å². The lowest BCUT2D eigenvalue weighted by molar-refractivity contribution is -0.385. The normalized spacial score (nSPS) is 21.1. The molecule has 1 aromatic carbocycles. The first-order valence-corrected chi connectivity index (χ1v) is 9.39. The number of carbonyl (C=O) groups excluding carboxylic acids is 1. The second-order valence-corrected chi connectivity index (χ2v) is 8.12. The van der Waals surface area contributed by atoms with Crippen molar-refractivity contribution >= 4 is 21.6 Å². The van der Waals surface area contributed by atoms with Crippen LogP contribution in [0.25, 0.3) is 0 Å². The van der Waals surface area contributed by atoms with Crippen LogP contribution >= 0.6 is 0 Å². The molecule has 2 atom stereocenters. The molecule has 10 heteroatoms. The van der Waals surface area contributed by atoms with Gasteiger partial charge >= 0.3 is 0 Å². The lowest BCUT2D eigenvalue weighted by atomic mass is 10.00. The van der Waals surface area contributed by atoms with Gasteiger partial charge in [0.25, 0.3) is 5.69 Å². The number of piperidine rings is 1. The Labute approximate surface area is 146 Å². The van der Waals surface area contributed by atoms with Gasteiger partial charge in [0.2, 0.25) is 15.9 Å². The van der Waals surface area contributed by atoms with Crippen molar-refractivity contribution in [3.63, 3.8) is 0 Å². The molecule has 0 aliphatic carbocycles. The average Bonchev–Trinajstić information content (AvgIpc) is 2.57. The molecule has 0 saturated carbocycles. The number of non-ortho nitro benzene ring substituents is 1. The summed E-state index contributed by atoms with van der Waals surface area (Å²) >= 11 is 0. The summed E-state index contributed by atoms with van der Waals surface area (Å²) in [6.45, 7) is 2.51. The van der Waals surface area contributed by atoms with Gasteiger partial charge in [-0.05, 0) is 32.4 Å². The van der Waals surface area contributed by atoms with E-state index in [1.165, 1.54) is 25.2 Å². The maximum absolute atomic E-state index is 12.5. The number of hydrogen-bond donors (Lipinski definition) is 2. The second kappa shape index (κ2) is 7.89. The number of nitro groups is 1. The standard InChI is InChI=1S/C15H22N4O5S/c1-11-14(7-4-8-16-11)17-15(20)10-18(2)25(23,24)13-6-3-5-12(9-13)19(21)22/h3,5-6,9,11,14,16H,4,7-8,10H2,1-2H3,(H,17,20). The van der Waals surface area contributed by atoms with Crippen LogP contribution in [0.5, 0.6) is 0 Å². The van der Waals surface area contributed by atoms with Crippen LogP contribution in [0, 0.1) is 10.1 Å². The summed E-state index contributed by atoms with van der Waals surface area (Å²) in [5, 5.41) is 16.9. The molecular weight excluding hydrogens is 348 g/mol. The van der Waals surface area contributed by atoms with Crippen LogP contribution in [-0.2, 0) is 14.8 Å². The summed E-state index contributed by atoms with van der Waals surface area (Å²) in [7, 11) is -2.72. The fourth-order valence-corrected chi connectivity index (χ4v) is 3.89. The highest BCUT2D eigenvalue weighted by Crippen LogP contribution is 2.20. The molecule has 0 spiro atoms. The number of nitrogens with one attached hydrogen (secondary N) is 2. The topological polar surface area (TPSA) is 122 Å². The molecule has 1 heterocycles. The third-order valence-electron chi connectivity index (χ3n) is 4.21. The van der Waals surface area contributed by atoms with Crippen molar-refractivity contribution in [3.8, 4) is 0 Å². The van der Waals surface area contributed by atoms with E-state index in [-0.39, 0.29) is 29.2 Å². The van der Waals surface area contributed by atoms with E-state index in [1.807, 2.05) is 6.92 Å². The third-order valence-corrected chi connectivity index (χ3v) is 6.01. The lowest BCUT2D eigenvalue weighted by Crippen LogP contribution is -2.53. The molecule has 2 rings (SSSR count). The van der Waals surface area contributed by atoms with Crippen molar-refractivity contribution in [1.29, 1.82) is 0 Å². The minimum Gasteiger partial charge on any atom is -0.351 e. The maximum Gasteiger partial charge on any atom is 0.270 e. The lowest BCUT2D eigenvalue weighted by Gasteiger charge is -2.31. The highest BCUT2D eigenvalue weighted by molar-refractivity contribution is 7.89. The third kappa shape index (κ3) is 4.74. The van der Waals surface area contributed by atoms with Gasteiger partial charge in [-0.1, -0.05) is 6.07 Å². The number of amides is 1. The highest BCUT2D eigenvalue weighted by Gasteiger charge is 2.27. The Morgan fingerprint density at radius 1 is 1.48 bits per heavy atom. The van der Waals surface area contributed by atoms with Crippen molar-refractivity contribution in [1.82, 2.24) is 14.9 Å². The summed E-state index contributed by atoms with van der Waals surface area (Å²) in [6.07, 6.45) is 1.78. The summed E-state index contributed by atoms with van der Waals surface area (Å²) in [6, 6.07) is 4.84. The van der Waals surface area contributed by atoms with Gasteiger partial charge < -0.3 is 10.6 Å². The Bertz CT molecular complexity index is 752. The van der Waals surface area contributed by atoms with Gasteiger partial charge in [0.1, 0.15) is 0 Å². The van der Waals surface area contributed by atoms with Gasteiger partial charge in [-0.15, -0.1) is 0 Å². The van der Waals surface area contributed by atoms with Crippen LogP contribution in [0.3, 0.4) is 0 Å². The number of hydrogen-bond acceptors (Lipinski definition) is 6. The zero-order valence-corrected chi connectivity index (χ0v) is 15.0. The zero-order chi connectivity index (χ0) is 18.6. The zero-order valence-electron chi connectivity index (χ0n) is 14.1. The fraction of sp³-hybridized carbons (Fsp3) is 0.533. The minimum atomic E-state index is -3.99. The monoisotopic (exact) mass is 370 g/mol. The molecule has 1 aromatic rings. The quantitative estimate of drug-likeness (QED) is 0.555. The van der Waals surface area contributed by atoms with E-state index in [0.717, 1.165) is 29.8 Å². The molecule has 0 aromatic heterocycles. The van der Waals surface area contributed by atoms with Crippen LogP contribution in [0.2, 0.25) is 0 Å². The first kappa shape index (κ1) is 19.3. The number of carbonyl (C=O) groups is 1. The SMILES string of the molecule is CC1NCCCC1NC(=O)CN(C)S(=O)(=O)c1cccc([N+](=O)[O-])c1. The van der Waals surface area contributed by atoms with Gasteiger partial charge in [-0.2, -0.15) is 4.31 Å². The van der Waals surface area contributed by atoms with Crippen LogP contribution in [0.1, 0.15) is 19.8 Å². The fourth-order valence-electron chi connectivity index (χ4n) is 2.72. The molecule has 2 unspecified atom stereocenters. The van der Waals surface area contributed by atoms with Gasteiger partial charge in [0.05, 0.1) is 16.4 Å². The summed E-state index contributed by atoms with van der Waals surface area (Å²) in [5.74, 6) is -0.406. The first-order chi connectivity index (χ1) is 11.7. The highest BCUT2D eigenvalue weighted by atomic mass is 32.2. The van der Waals surface area contributed by atoms with E-state index in [0.29, 0.717) is 0 Å². The Balaban J connectivity index is 2.05. The van der Waals surface area contributed by atoms with Gasteiger partial charge in [-0.3, -0.25) is 14.9 Å². The van der Waals surface area contributed by atoms with Crippen molar-refractivity contribution in [2.75, 3.05) is 20.1 Å². The van der Waals surface area contributed by atoms with Crippen LogP contribution in [0.4, 0.5) is 5.69 Å². The molecule has 25 heavy (non-hydrogen) atoms. The van der Waals surface area contributed by atoms with Gasteiger partial charge in [0.15, 0.2) is 0 Å². The number of rotatable bonds is 6. The number of benzene rings is 1. The number of nitro benzene ring substituents is 1. The maximum atomic E-state index is 12.5. The Morgan fingerprint density at radius 2 is 2.20 bits per heavy atom. The molecule has 1 aliphatic heterocycles. The molecule has 1 fully saturated rings. The molecule has 2 N–H and O–H groups in total. The summed E-state index contributed by atoms with van der Waals surface area (Å²) in [5.41, 5.74) is -0.318. The molecular formula is C15H22N4O5S. The van der Waals surface area contributed by atoms with Crippen LogP contribution in [0.15, 0.2) is 29.2 Å². The Kier molecular flexibility index (Phi) is 6.09. The predicted octanol–water partition coefficient (Wildman–Crippen LogP) is 0.472. The Hall–Kier alpha value is -2.04. The minimum absolute atomic E-state index is 0.0461. The van der Waals surface area contributed by atoms with Crippen molar-refractivity contribution in [2.45, 2.75) is 36.7 Å². The molecule has 9 nitrogen and oxygen atoms in total. The smallest absolute Gasteiger partial charge is 0.270 e. The van der Waals surface area contributed by atoms with Gasteiger partial charge in [0, 0.05) is 31.3 Å². The molecule has 1 saturated heterocycles. The number of nitrogens with zero attached hydrogens (tertiary/aromatic N) is 2. The first-order valence-electron chi connectivity index (χ1n) is 7.95. The van der Waals surface area contributed by atoms with Crippen molar-refractivity contribution < 1.29 is 18.1 Å². The van der Waals surface area contributed by atoms with Crippen molar-refractivity contribution in [2.24, 2.45) is 0 Å².